The molecule has 0 fully saturated rings. The molecule has 0 radical (unpaired) electrons. The van der Waals surface area contributed by atoms with E-state index in [2.05, 4.69) is 22.5 Å². The number of hydrogen-bond acceptors (Lipinski definition) is 1. The van der Waals surface area contributed by atoms with E-state index in [9.17, 15) is 4.20 Å². The summed E-state index contributed by atoms with van der Waals surface area (Å²) in [6.07, 6.45) is -4.19. The Kier molecular flexibility index (Phi) is 1.68. The van der Waals surface area contributed by atoms with Gasteiger partial charge in [-0.25, -0.2) is 0 Å². The SMILES string of the molecule is O=P(F)(Cl)Cl. The topological polar surface area (TPSA) is 17.1 Å². The van der Waals surface area contributed by atoms with Crippen molar-refractivity contribution in [1.82, 2.24) is 0 Å². The van der Waals surface area contributed by atoms with Gasteiger partial charge >= 0.3 is 6.16 Å². The molecule has 0 aromatic rings. The lowest BCUT2D eigenvalue weighted by Gasteiger charge is -1.72. The van der Waals surface area contributed by atoms with Crippen LogP contribution in [0.4, 0.5) is 4.20 Å². The van der Waals surface area contributed by atoms with Crippen molar-refractivity contribution in [3.63, 3.8) is 0 Å². The molecule has 0 N–H and O–H groups in total. The first-order valence-electron chi connectivity index (χ1n) is 0.690. The normalized spacial score (nSPS) is 11.8. The summed E-state index contributed by atoms with van der Waals surface area (Å²) in [6.45, 7) is 0. The minimum Gasteiger partial charge on any atom is -0.251 e. The standard InChI is InChI=1S/Cl2FOP/c1-5(2,3)4. The second-order valence-electron chi connectivity index (χ2n) is 0.399. The van der Waals surface area contributed by atoms with Crippen LogP contribution in [0.1, 0.15) is 0 Å². The zero-order chi connectivity index (χ0) is 4.50. The predicted octanol–water partition coefficient (Wildman–Crippen LogP) is 2.54. The molecule has 0 amide bonds. The summed E-state index contributed by atoms with van der Waals surface area (Å²) in [4.78, 5) is 0. The smallest absolute Gasteiger partial charge is 0.251 e. The third kappa shape index (κ3) is 65.0. The predicted molar refractivity (Wildman–Crippen MR) is 20.4 cm³/mol. The molecule has 0 rings (SSSR count). The van der Waals surface area contributed by atoms with Gasteiger partial charge in [-0.2, -0.15) is 4.20 Å². The van der Waals surface area contributed by atoms with E-state index in [4.69, 9.17) is 4.57 Å². The Morgan fingerprint density at radius 2 is 1.60 bits per heavy atom. The molecule has 0 spiro atoms. The molecule has 0 aromatic heterocycles. The molecule has 0 atom stereocenters. The minimum absolute atomic E-state index is 4.18. The molecule has 0 unspecified atom stereocenters. The van der Waals surface area contributed by atoms with Crippen LogP contribution in [-0.4, -0.2) is 0 Å². The highest BCUT2D eigenvalue weighted by molar-refractivity contribution is 8.05. The van der Waals surface area contributed by atoms with Crippen LogP contribution in [0.25, 0.3) is 0 Å². The maximum atomic E-state index is 10.8. The van der Waals surface area contributed by atoms with E-state index in [0.717, 1.165) is 0 Å². The molecule has 0 aromatic carbocycles. The summed E-state index contributed by atoms with van der Waals surface area (Å²) in [5.74, 6) is 0. The van der Waals surface area contributed by atoms with Gasteiger partial charge in [0.1, 0.15) is 0 Å². The summed E-state index contributed by atoms with van der Waals surface area (Å²) >= 11 is 8.37. The first kappa shape index (κ1) is 5.74. The van der Waals surface area contributed by atoms with Crippen LogP contribution < -0.4 is 0 Å². The largest absolute Gasteiger partial charge is 0.415 e. The van der Waals surface area contributed by atoms with Gasteiger partial charge in [-0.1, -0.05) is 0 Å². The van der Waals surface area contributed by atoms with Crippen molar-refractivity contribution in [2.75, 3.05) is 0 Å². The summed E-state index contributed by atoms with van der Waals surface area (Å²) in [5.41, 5.74) is 0. The average Bonchev–Trinajstić information content (AvgIpc) is 0.722. The van der Waals surface area contributed by atoms with Crippen molar-refractivity contribution in [2.24, 2.45) is 0 Å². The zero-order valence-electron chi connectivity index (χ0n) is 1.99. The summed E-state index contributed by atoms with van der Waals surface area (Å²) in [5, 5.41) is 0. The van der Waals surface area contributed by atoms with Gasteiger partial charge in [0.2, 0.25) is 0 Å². The third-order valence-corrected chi connectivity index (χ3v) is 0. The molecule has 0 aliphatic rings. The summed E-state index contributed by atoms with van der Waals surface area (Å²) in [7, 11) is 0. The summed E-state index contributed by atoms with van der Waals surface area (Å²) < 4.78 is 19.9. The van der Waals surface area contributed by atoms with Crippen molar-refractivity contribution in [3.05, 3.63) is 0 Å². The van der Waals surface area contributed by atoms with Crippen LogP contribution in [0, 0.1) is 0 Å². The fourth-order valence-corrected chi connectivity index (χ4v) is 0. The molecule has 5 heteroatoms. The van der Waals surface area contributed by atoms with Crippen LogP contribution in [0.5, 0.6) is 0 Å². The van der Waals surface area contributed by atoms with E-state index < -0.39 is 6.16 Å². The quantitative estimate of drug-likeness (QED) is 0.468. The molecule has 0 aliphatic heterocycles. The molecule has 0 aliphatic carbocycles. The number of halogens is 3. The van der Waals surface area contributed by atoms with Crippen molar-refractivity contribution >= 4 is 28.6 Å². The summed E-state index contributed by atoms with van der Waals surface area (Å²) in [6, 6.07) is 0. The maximum Gasteiger partial charge on any atom is 0.415 e. The fourth-order valence-electron chi connectivity index (χ4n) is 0. The van der Waals surface area contributed by atoms with Gasteiger partial charge < -0.3 is 0 Å². The zero-order valence-corrected chi connectivity index (χ0v) is 4.40. The second kappa shape index (κ2) is 1.46. The first-order valence-corrected chi connectivity index (χ1v) is 4.10. The Labute approximate surface area is 38.1 Å². The maximum absolute atomic E-state index is 10.8. The molecule has 1 nitrogen and oxygen atoms in total. The monoisotopic (exact) mass is 136 g/mol. The van der Waals surface area contributed by atoms with Crippen LogP contribution in [0.2, 0.25) is 0 Å². The van der Waals surface area contributed by atoms with Gasteiger partial charge in [-0.3, -0.25) is 4.57 Å². The molecule has 0 heterocycles. The molecule has 32 valence electrons. The Hall–Kier alpha value is 0.740. The lowest BCUT2D eigenvalue weighted by Crippen LogP contribution is -1.23. The molecular weight excluding hydrogens is 137 g/mol. The highest BCUT2D eigenvalue weighted by atomic mass is 35.9. The van der Waals surface area contributed by atoms with E-state index in [1.807, 2.05) is 0 Å². The number of hydrogen-bond donors (Lipinski definition) is 0. The Morgan fingerprint density at radius 3 is 1.60 bits per heavy atom. The van der Waals surface area contributed by atoms with Crippen LogP contribution in [0.3, 0.4) is 0 Å². The van der Waals surface area contributed by atoms with E-state index >= 15 is 0 Å². The van der Waals surface area contributed by atoms with Crippen LogP contribution in [0.15, 0.2) is 0 Å². The Bertz CT molecular complexity index is 55.8. The molecule has 0 saturated carbocycles. The molecular formula is Cl2FOP. The third-order valence-electron chi connectivity index (χ3n) is 0. The van der Waals surface area contributed by atoms with Crippen LogP contribution >= 0.6 is 28.6 Å². The van der Waals surface area contributed by atoms with Gasteiger partial charge in [0.25, 0.3) is 0 Å². The van der Waals surface area contributed by atoms with Crippen LogP contribution in [-0.2, 0) is 4.57 Å². The van der Waals surface area contributed by atoms with E-state index in [0.29, 0.717) is 0 Å². The van der Waals surface area contributed by atoms with Crippen molar-refractivity contribution < 1.29 is 8.76 Å². The van der Waals surface area contributed by atoms with Gasteiger partial charge in [0.15, 0.2) is 0 Å². The molecule has 0 bridgehead atoms. The minimum atomic E-state index is -4.19. The van der Waals surface area contributed by atoms with Crippen molar-refractivity contribution in [2.45, 2.75) is 0 Å². The van der Waals surface area contributed by atoms with E-state index in [1.54, 1.807) is 0 Å². The highest BCUT2D eigenvalue weighted by Gasteiger charge is 2.06. The molecule has 0 saturated heterocycles. The van der Waals surface area contributed by atoms with Gasteiger partial charge in [-0.05, 0) is 22.5 Å². The van der Waals surface area contributed by atoms with Crippen molar-refractivity contribution in [3.8, 4) is 0 Å². The van der Waals surface area contributed by atoms with Gasteiger partial charge in [-0.15, -0.1) is 0 Å². The average molecular weight is 137 g/mol. The Morgan fingerprint density at radius 1 is 1.60 bits per heavy atom. The Balaban J connectivity index is 3.47. The van der Waals surface area contributed by atoms with E-state index in [1.165, 1.54) is 0 Å². The van der Waals surface area contributed by atoms with Crippen molar-refractivity contribution in [1.29, 1.82) is 0 Å². The first-order chi connectivity index (χ1) is 2.00. The highest BCUT2D eigenvalue weighted by Crippen LogP contribution is 2.57. The van der Waals surface area contributed by atoms with Gasteiger partial charge in [0.05, 0.1) is 0 Å². The second-order valence-corrected chi connectivity index (χ2v) is 4.32. The fraction of sp³-hybridized carbons (Fsp3) is 0. The van der Waals surface area contributed by atoms with E-state index in [-0.39, 0.29) is 0 Å². The van der Waals surface area contributed by atoms with Gasteiger partial charge in [0, 0.05) is 0 Å². The number of rotatable bonds is 0. The lowest BCUT2D eigenvalue weighted by molar-refractivity contribution is 0.566. The lowest BCUT2D eigenvalue weighted by atomic mass is 16.0. The molecule has 5 heavy (non-hydrogen) atoms.